The van der Waals surface area contributed by atoms with Gasteiger partial charge in [-0.05, 0) is 55.8 Å². The molecule has 2 heterocycles. The first-order chi connectivity index (χ1) is 18.5. The number of carbonyl (C=O) groups is 1. The molecule has 194 valence electrons. The zero-order valence-corrected chi connectivity index (χ0v) is 21.4. The van der Waals surface area contributed by atoms with Crippen molar-refractivity contribution in [2.75, 3.05) is 41.8 Å². The van der Waals surface area contributed by atoms with Crippen LogP contribution in [0.1, 0.15) is 34.5 Å². The number of nitrogens with one attached hydrogen (secondary N) is 2. The average molecular weight is 512 g/mol. The number of aromatic nitrogens is 2. The smallest absolute Gasteiger partial charge is 0.258 e. The Labute approximate surface area is 221 Å². The summed E-state index contributed by atoms with van der Waals surface area (Å²) in [6.45, 7) is 7.03. The third kappa shape index (κ3) is 5.98. The number of anilines is 3. The zero-order chi connectivity index (χ0) is 26.5. The lowest BCUT2D eigenvalue weighted by atomic mass is 10.1. The Morgan fingerprint density at radius 3 is 2.68 bits per heavy atom. The summed E-state index contributed by atoms with van der Waals surface area (Å²) in [6.07, 6.45) is 3.45. The van der Waals surface area contributed by atoms with Crippen molar-refractivity contribution in [3.63, 3.8) is 0 Å². The molecule has 8 heteroatoms. The number of ether oxygens (including phenoxy) is 1. The predicted octanol–water partition coefficient (Wildman–Crippen LogP) is 5.85. The van der Waals surface area contributed by atoms with E-state index in [-0.39, 0.29) is 11.6 Å². The Morgan fingerprint density at radius 2 is 1.84 bits per heavy atom. The van der Waals surface area contributed by atoms with Crippen LogP contribution in [-0.2, 0) is 4.74 Å². The van der Waals surface area contributed by atoms with Gasteiger partial charge in [0.05, 0.1) is 42.9 Å². The van der Waals surface area contributed by atoms with Crippen LogP contribution in [0.25, 0.3) is 11.3 Å². The SMILES string of the molecule is Cc1ccc(F)c(C(=O)Nc2cccc(C(C)Nc3cncc(-c4cccc(N5CCOCC5)c4)n3)c2)c1. The van der Waals surface area contributed by atoms with Gasteiger partial charge in [-0.3, -0.25) is 9.78 Å². The number of hydrogen-bond donors (Lipinski definition) is 2. The van der Waals surface area contributed by atoms with Crippen LogP contribution in [0.15, 0.2) is 79.1 Å². The summed E-state index contributed by atoms with van der Waals surface area (Å²) >= 11 is 0. The van der Waals surface area contributed by atoms with Gasteiger partial charge in [0.1, 0.15) is 11.6 Å². The molecule has 4 aromatic rings. The normalized spacial score (nSPS) is 14.1. The van der Waals surface area contributed by atoms with Gasteiger partial charge in [-0.15, -0.1) is 0 Å². The highest BCUT2D eigenvalue weighted by atomic mass is 19.1. The summed E-state index contributed by atoms with van der Waals surface area (Å²) in [5.74, 6) is -0.391. The maximum Gasteiger partial charge on any atom is 0.258 e. The minimum absolute atomic E-state index is 0.0198. The Hall–Kier alpha value is -4.30. The van der Waals surface area contributed by atoms with Crippen molar-refractivity contribution in [1.82, 2.24) is 9.97 Å². The molecule has 1 atom stereocenters. The fourth-order valence-electron chi connectivity index (χ4n) is 4.46. The summed E-state index contributed by atoms with van der Waals surface area (Å²) in [5.41, 5.74) is 5.27. The third-order valence-corrected chi connectivity index (χ3v) is 6.53. The predicted molar refractivity (Wildman–Crippen MR) is 148 cm³/mol. The first-order valence-corrected chi connectivity index (χ1v) is 12.7. The van der Waals surface area contributed by atoms with E-state index in [1.807, 2.05) is 44.2 Å². The maximum atomic E-state index is 14.2. The molecule has 0 bridgehead atoms. The summed E-state index contributed by atoms with van der Waals surface area (Å²) < 4.78 is 19.6. The second-order valence-electron chi connectivity index (χ2n) is 9.37. The molecule has 5 rings (SSSR count). The van der Waals surface area contributed by atoms with Gasteiger partial charge in [0.25, 0.3) is 5.91 Å². The number of rotatable bonds is 7. The fraction of sp³-hybridized carbons (Fsp3) is 0.233. The third-order valence-electron chi connectivity index (χ3n) is 6.53. The van der Waals surface area contributed by atoms with E-state index in [9.17, 15) is 9.18 Å². The Bertz CT molecular complexity index is 1440. The lowest BCUT2D eigenvalue weighted by Gasteiger charge is -2.29. The van der Waals surface area contributed by atoms with Crippen molar-refractivity contribution in [1.29, 1.82) is 0 Å². The van der Waals surface area contributed by atoms with E-state index in [2.05, 4.69) is 32.7 Å². The molecule has 1 fully saturated rings. The van der Waals surface area contributed by atoms with Crippen LogP contribution in [0.3, 0.4) is 0 Å². The van der Waals surface area contributed by atoms with Crippen LogP contribution >= 0.6 is 0 Å². The van der Waals surface area contributed by atoms with Gasteiger partial charge in [-0.1, -0.05) is 35.9 Å². The number of halogens is 1. The van der Waals surface area contributed by atoms with Crippen molar-refractivity contribution in [2.45, 2.75) is 19.9 Å². The van der Waals surface area contributed by atoms with Gasteiger partial charge in [-0.25, -0.2) is 9.37 Å². The molecule has 1 aliphatic heterocycles. The topological polar surface area (TPSA) is 79.4 Å². The van der Waals surface area contributed by atoms with Gasteiger partial charge < -0.3 is 20.3 Å². The van der Waals surface area contributed by atoms with Crippen LogP contribution < -0.4 is 15.5 Å². The van der Waals surface area contributed by atoms with E-state index in [1.165, 1.54) is 6.07 Å². The Balaban J connectivity index is 1.29. The molecule has 0 saturated carbocycles. The first-order valence-electron chi connectivity index (χ1n) is 12.7. The lowest BCUT2D eigenvalue weighted by molar-refractivity contribution is 0.102. The molecule has 1 saturated heterocycles. The van der Waals surface area contributed by atoms with Gasteiger partial charge in [0.2, 0.25) is 0 Å². The maximum absolute atomic E-state index is 14.2. The number of amides is 1. The number of aryl methyl sites for hydroxylation is 1. The monoisotopic (exact) mass is 511 g/mol. The zero-order valence-electron chi connectivity index (χ0n) is 21.4. The Morgan fingerprint density at radius 1 is 1.03 bits per heavy atom. The largest absolute Gasteiger partial charge is 0.378 e. The highest BCUT2D eigenvalue weighted by molar-refractivity contribution is 6.04. The number of carbonyl (C=O) groups excluding carboxylic acids is 1. The highest BCUT2D eigenvalue weighted by Crippen LogP contribution is 2.26. The van der Waals surface area contributed by atoms with Crippen molar-refractivity contribution < 1.29 is 13.9 Å². The molecule has 1 aliphatic rings. The molecule has 1 amide bonds. The van der Waals surface area contributed by atoms with Crippen molar-refractivity contribution >= 4 is 23.1 Å². The molecule has 1 aromatic heterocycles. The highest BCUT2D eigenvalue weighted by Gasteiger charge is 2.15. The van der Waals surface area contributed by atoms with Crippen molar-refractivity contribution in [3.05, 3.63) is 102 Å². The van der Waals surface area contributed by atoms with E-state index in [4.69, 9.17) is 9.72 Å². The van der Waals surface area contributed by atoms with E-state index >= 15 is 0 Å². The first kappa shape index (κ1) is 25.4. The van der Waals surface area contributed by atoms with E-state index < -0.39 is 11.7 Å². The van der Waals surface area contributed by atoms with Gasteiger partial charge in [0.15, 0.2) is 0 Å². The van der Waals surface area contributed by atoms with Crippen molar-refractivity contribution in [3.8, 4) is 11.3 Å². The van der Waals surface area contributed by atoms with Gasteiger partial charge in [-0.2, -0.15) is 0 Å². The summed E-state index contributed by atoms with van der Waals surface area (Å²) in [7, 11) is 0. The van der Waals surface area contributed by atoms with E-state index in [0.29, 0.717) is 11.5 Å². The molecule has 3 aromatic carbocycles. The second-order valence-corrected chi connectivity index (χ2v) is 9.37. The molecular weight excluding hydrogens is 481 g/mol. The summed E-state index contributed by atoms with van der Waals surface area (Å²) in [5, 5.41) is 6.20. The lowest BCUT2D eigenvalue weighted by Crippen LogP contribution is -2.36. The standard InChI is InChI=1S/C30H30FN5O2/c1-20-9-10-27(31)26(15-20)30(37)34-24-7-3-5-22(16-24)21(2)33-29-19-32-18-28(35-29)23-6-4-8-25(17-23)36-11-13-38-14-12-36/h3-10,15-19,21H,11-14H2,1-2H3,(H,33,35)(H,34,37). The Kier molecular flexibility index (Phi) is 7.60. The van der Waals surface area contributed by atoms with Crippen LogP contribution in [0.2, 0.25) is 0 Å². The number of nitrogens with zero attached hydrogens (tertiary/aromatic N) is 3. The minimum atomic E-state index is -0.548. The van der Waals surface area contributed by atoms with Crippen LogP contribution in [-0.4, -0.2) is 42.2 Å². The van der Waals surface area contributed by atoms with Gasteiger partial charge >= 0.3 is 0 Å². The fourth-order valence-corrected chi connectivity index (χ4v) is 4.46. The number of benzene rings is 3. The van der Waals surface area contributed by atoms with Crippen LogP contribution in [0.5, 0.6) is 0 Å². The molecule has 0 radical (unpaired) electrons. The molecule has 0 spiro atoms. The van der Waals surface area contributed by atoms with Crippen LogP contribution in [0, 0.1) is 12.7 Å². The average Bonchev–Trinajstić information content (AvgIpc) is 2.95. The quantitative estimate of drug-likeness (QED) is 0.324. The summed E-state index contributed by atoms with van der Waals surface area (Å²) in [6, 6.07) is 20.1. The minimum Gasteiger partial charge on any atom is -0.378 e. The van der Waals surface area contributed by atoms with Crippen molar-refractivity contribution in [2.24, 2.45) is 0 Å². The molecule has 2 N–H and O–H groups in total. The molecule has 38 heavy (non-hydrogen) atoms. The molecule has 0 aliphatic carbocycles. The summed E-state index contributed by atoms with van der Waals surface area (Å²) in [4.78, 5) is 24.2. The van der Waals surface area contributed by atoms with E-state index in [0.717, 1.165) is 54.4 Å². The number of morpholine rings is 1. The molecule has 7 nitrogen and oxygen atoms in total. The van der Waals surface area contributed by atoms with Gasteiger partial charge in [0, 0.05) is 30.0 Å². The second kappa shape index (κ2) is 11.4. The number of hydrogen-bond acceptors (Lipinski definition) is 6. The molecule has 1 unspecified atom stereocenters. The molecular formula is C30H30FN5O2. The van der Waals surface area contributed by atoms with Crippen LogP contribution in [0.4, 0.5) is 21.6 Å². The van der Waals surface area contributed by atoms with E-state index in [1.54, 1.807) is 30.6 Å².